The van der Waals surface area contributed by atoms with Gasteiger partial charge in [0, 0.05) is 60.6 Å². The predicted molar refractivity (Wildman–Crippen MR) is 337 cm³/mol. The Labute approximate surface area is 502 Å². The Morgan fingerprint density at radius 3 is 0.988 bits per heavy atom. The van der Waals surface area contributed by atoms with Gasteiger partial charge in [-0.2, -0.15) is 0 Å². The third-order valence-corrected chi connectivity index (χ3v) is 14.8. The maximum Gasteiger partial charge on any atom is 0.262 e. The Hall–Kier alpha value is -10.1. The van der Waals surface area contributed by atoms with Gasteiger partial charge in [0.25, 0.3) is 11.8 Å². The molecular formula is C72H72N4O10. The molecule has 0 aliphatic heterocycles. The average Bonchev–Trinajstić information content (AvgIpc) is 1.64. The highest BCUT2D eigenvalue weighted by Crippen LogP contribution is 2.38. The lowest BCUT2D eigenvalue weighted by Gasteiger charge is -2.20. The molecule has 8 aromatic carbocycles. The second-order valence-corrected chi connectivity index (χ2v) is 23.5. The first-order chi connectivity index (χ1) is 41.1. The van der Waals surface area contributed by atoms with E-state index in [1.807, 2.05) is 121 Å². The molecule has 0 radical (unpaired) electrons. The van der Waals surface area contributed by atoms with Crippen LogP contribution < -0.4 is 41.0 Å². The molecule has 8 bridgehead atoms. The third-order valence-electron chi connectivity index (χ3n) is 14.8. The highest BCUT2D eigenvalue weighted by Gasteiger charge is 2.23. The Morgan fingerprint density at radius 1 is 0.407 bits per heavy atom. The summed E-state index contributed by atoms with van der Waals surface area (Å²) in [6.07, 6.45) is 3.68. The second-order valence-electron chi connectivity index (χ2n) is 23.5. The van der Waals surface area contributed by atoms with Gasteiger partial charge >= 0.3 is 0 Å². The van der Waals surface area contributed by atoms with E-state index in [-0.39, 0.29) is 86.0 Å². The number of nitrogens with one attached hydrogen (secondary N) is 2. The SMILES string of the molecule is CC(C)(C)c1ccc(/C(N)=C/C(=O)COc2ccc(NC(=O)COc3c4cccc3Cc3cccc(c3O)Cc3cccc(c3OCC(=O)Nc3ccc(OCC(=O)/C=C(\N)c5ccc(C(C)(C)C)cc5)cc3)Cc3cccc(c3O)C4)cc2)cc1. The normalized spacial score (nSPS) is 12.6. The van der Waals surface area contributed by atoms with Gasteiger partial charge in [-0.25, -0.2) is 0 Å². The maximum absolute atomic E-state index is 13.6. The molecule has 0 atom stereocenters. The molecule has 0 saturated carbocycles. The molecule has 2 amide bonds. The van der Waals surface area contributed by atoms with E-state index in [0.29, 0.717) is 90.3 Å². The first kappa shape index (κ1) is 60.5. The van der Waals surface area contributed by atoms with Gasteiger partial charge in [-0.15, -0.1) is 0 Å². The number of amides is 2. The van der Waals surface area contributed by atoms with E-state index in [2.05, 4.69) is 52.2 Å². The summed E-state index contributed by atoms with van der Waals surface area (Å²) in [5, 5.41) is 29.7. The first-order valence-electron chi connectivity index (χ1n) is 28.5. The van der Waals surface area contributed by atoms with Crippen LogP contribution in [0.15, 0.2) is 182 Å². The summed E-state index contributed by atoms with van der Waals surface area (Å²) in [5.41, 5.74) is 23.2. The molecule has 8 aromatic rings. The highest BCUT2D eigenvalue weighted by atomic mass is 16.5. The monoisotopic (exact) mass is 1150 g/mol. The quantitative estimate of drug-likeness (QED) is 0.0442. The van der Waals surface area contributed by atoms with Crippen molar-refractivity contribution in [1.82, 2.24) is 0 Å². The van der Waals surface area contributed by atoms with Crippen LogP contribution >= 0.6 is 0 Å². The van der Waals surface area contributed by atoms with E-state index < -0.39 is 11.8 Å². The van der Waals surface area contributed by atoms with E-state index in [4.69, 9.17) is 30.4 Å². The van der Waals surface area contributed by atoms with Crippen molar-refractivity contribution in [2.45, 2.75) is 78.1 Å². The molecule has 1 aliphatic rings. The molecule has 440 valence electrons. The molecule has 0 fully saturated rings. The zero-order valence-electron chi connectivity index (χ0n) is 49.3. The van der Waals surface area contributed by atoms with E-state index in [1.165, 1.54) is 12.2 Å². The van der Waals surface area contributed by atoms with Crippen molar-refractivity contribution in [2.75, 3.05) is 37.1 Å². The van der Waals surface area contributed by atoms with Crippen molar-refractivity contribution in [3.63, 3.8) is 0 Å². The number of fused-ring (bicyclic) bond motifs is 8. The van der Waals surface area contributed by atoms with E-state index in [1.54, 1.807) is 48.5 Å². The number of nitrogens with two attached hydrogens (primary N) is 2. The summed E-state index contributed by atoms with van der Waals surface area (Å²) >= 11 is 0. The van der Waals surface area contributed by atoms with E-state index in [0.717, 1.165) is 22.3 Å². The van der Waals surface area contributed by atoms with Crippen molar-refractivity contribution in [1.29, 1.82) is 0 Å². The summed E-state index contributed by atoms with van der Waals surface area (Å²) in [5.74, 6) is 0.415. The van der Waals surface area contributed by atoms with Crippen molar-refractivity contribution in [3.8, 4) is 34.5 Å². The van der Waals surface area contributed by atoms with E-state index in [9.17, 15) is 29.4 Å². The number of rotatable bonds is 18. The van der Waals surface area contributed by atoms with Crippen LogP contribution in [0.1, 0.15) is 108 Å². The van der Waals surface area contributed by atoms with Gasteiger partial charge in [0.05, 0.1) is 0 Å². The van der Waals surface area contributed by atoms with Gasteiger partial charge in [0.1, 0.15) is 34.5 Å². The lowest BCUT2D eigenvalue weighted by molar-refractivity contribution is -0.118. The van der Waals surface area contributed by atoms with Crippen LogP contribution in [-0.2, 0) is 55.7 Å². The van der Waals surface area contributed by atoms with Crippen LogP contribution in [0.5, 0.6) is 34.5 Å². The molecule has 14 heteroatoms. The van der Waals surface area contributed by atoms with Gasteiger partial charge in [-0.1, -0.05) is 163 Å². The number of phenolic OH excluding ortho intramolecular Hbond substituents is 2. The van der Waals surface area contributed by atoms with Crippen LogP contribution in [0.3, 0.4) is 0 Å². The molecular weight excluding hydrogens is 1080 g/mol. The Balaban J connectivity index is 0.843. The van der Waals surface area contributed by atoms with Gasteiger partial charge in [0.2, 0.25) is 0 Å². The zero-order chi connectivity index (χ0) is 61.1. The molecule has 0 saturated heterocycles. The summed E-state index contributed by atoms with van der Waals surface area (Å²) in [4.78, 5) is 52.7. The second kappa shape index (κ2) is 26.7. The van der Waals surface area contributed by atoms with Gasteiger partial charge < -0.3 is 51.3 Å². The molecule has 0 heterocycles. The number of ether oxygens (including phenoxy) is 4. The highest BCUT2D eigenvalue weighted by molar-refractivity contribution is 5.98. The fourth-order valence-corrected chi connectivity index (χ4v) is 10.1. The minimum absolute atomic E-state index is 0.00951. The maximum atomic E-state index is 13.6. The third kappa shape index (κ3) is 15.8. The van der Waals surface area contributed by atoms with Crippen LogP contribution in [0.2, 0.25) is 0 Å². The Kier molecular flexibility index (Phi) is 18.8. The number of hydrogen-bond acceptors (Lipinski definition) is 12. The molecule has 0 aromatic heterocycles. The number of carbonyl (C=O) groups is 4. The molecule has 1 aliphatic carbocycles. The van der Waals surface area contributed by atoms with Crippen LogP contribution in [0, 0.1) is 0 Å². The minimum Gasteiger partial charge on any atom is -0.507 e. The van der Waals surface area contributed by atoms with Gasteiger partial charge in [-0.3, -0.25) is 19.2 Å². The van der Waals surface area contributed by atoms with Crippen molar-refractivity contribution in [2.24, 2.45) is 11.5 Å². The van der Waals surface area contributed by atoms with E-state index >= 15 is 0 Å². The van der Waals surface area contributed by atoms with Gasteiger partial charge in [0.15, 0.2) is 38.0 Å². The number of ketones is 2. The number of benzene rings is 8. The summed E-state index contributed by atoms with van der Waals surface area (Å²) < 4.78 is 24.3. The fraction of sp³-hybridized carbons (Fsp3) is 0.222. The number of anilines is 2. The summed E-state index contributed by atoms with van der Waals surface area (Å²) in [6.45, 7) is 11.6. The summed E-state index contributed by atoms with van der Waals surface area (Å²) in [7, 11) is 0. The van der Waals surface area contributed by atoms with Crippen LogP contribution in [-0.4, -0.2) is 60.0 Å². The number of phenols is 2. The van der Waals surface area contributed by atoms with Crippen molar-refractivity contribution in [3.05, 3.63) is 249 Å². The van der Waals surface area contributed by atoms with Crippen LogP contribution in [0.25, 0.3) is 11.4 Å². The van der Waals surface area contributed by atoms with Crippen LogP contribution in [0.4, 0.5) is 11.4 Å². The van der Waals surface area contributed by atoms with Crippen molar-refractivity contribution < 1.29 is 48.3 Å². The Bertz CT molecular complexity index is 3500. The molecule has 8 N–H and O–H groups in total. The number of hydrogen-bond donors (Lipinski definition) is 6. The lowest BCUT2D eigenvalue weighted by Crippen LogP contribution is -2.21. The largest absolute Gasteiger partial charge is 0.507 e. The number of aromatic hydroxyl groups is 2. The average molecular weight is 1150 g/mol. The molecule has 14 nitrogen and oxygen atoms in total. The molecule has 86 heavy (non-hydrogen) atoms. The first-order valence-corrected chi connectivity index (χ1v) is 28.5. The smallest absolute Gasteiger partial charge is 0.262 e. The van der Waals surface area contributed by atoms with Crippen molar-refractivity contribution >= 4 is 46.1 Å². The Morgan fingerprint density at radius 2 is 0.698 bits per heavy atom. The molecule has 0 unspecified atom stereocenters. The number of para-hydroxylation sites is 4. The van der Waals surface area contributed by atoms with Gasteiger partial charge in [-0.05, 0) is 126 Å². The summed E-state index contributed by atoms with van der Waals surface area (Å²) in [6, 6.07) is 51.3. The lowest BCUT2D eigenvalue weighted by atomic mass is 9.86. The number of carbonyl (C=O) groups excluding carboxylic acids is 4. The molecule has 0 spiro atoms. The minimum atomic E-state index is -0.431. The predicted octanol–water partition coefficient (Wildman–Crippen LogP) is 12.3. The fourth-order valence-electron chi connectivity index (χ4n) is 10.1. The zero-order valence-corrected chi connectivity index (χ0v) is 49.3. The standard InChI is InChI=1S/C72H72N4O10/c1-71(2,3)55-23-19-45(20-24-55)63(73)39-59(77)41-83-61-31-27-57(28-32-61)75-65(79)43-85-69-51-15-9-16-52(69)36-48-12-8-14-50(68(48)82)38-54-18-10-17-53(37-49-13-7-11-47(35-51)67(49)81)70(54)86-44-66(80)76-58-29-33-62(34-30-58)84-42-60(78)40-64(74)46-21-25-56(26-22-46)72(4,5)6/h7-34,39-40,81-82H,35-38,41-44,73-74H2,1-6H3,(H,75,79)(H,76,80)/b63-39-,64-40-. The molecule has 9 rings (SSSR count). The topological polar surface area (TPSA) is 222 Å².